The summed E-state index contributed by atoms with van der Waals surface area (Å²) in [4.78, 5) is 22.8. The summed E-state index contributed by atoms with van der Waals surface area (Å²) in [7, 11) is 1.51. The van der Waals surface area contributed by atoms with Gasteiger partial charge < -0.3 is 19.9 Å². The number of hydrogen-bond donors (Lipinski definition) is 2. The number of aromatic carboxylic acids is 1. The van der Waals surface area contributed by atoms with Crippen LogP contribution in [0.2, 0.25) is 0 Å². The van der Waals surface area contributed by atoms with E-state index in [0.29, 0.717) is 11.3 Å². The molecule has 6 nitrogen and oxygen atoms in total. The van der Waals surface area contributed by atoms with Gasteiger partial charge >= 0.3 is 12.1 Å². The third-order valence-corrected chi connectivity index (χ3v) is 3.36. The SMILES string of the molecule is COc1ccc(C(=O)O)c(C=CCNC(=O)OCc2ccccc2)c1. The number of methoxy groups -OCH3 is 1. The standard InChI is InChI=1S/C19H19NO5/c1-24-16-9-10-17(18(21)22)15(12-16)8-5-11-20-19(23)25-13-14-6-3-2-4-7-14/h2-10,12H,11,13H2,1H3,(H,20,23)(H,21,22). The minimum absolute atomic E-state index is 0.156. The van der Waals surface area contributed by atoms with Gasteiger partial charge in [-0.15, -0.1) is 0 Å². The second-order valence-corrected chi connectivity index (χ2v) is 5.10. The zero-order valence-corrected chi connectivity index (χ0v) is 13.8. The van der Waals surface area contributed by atoms with Crippen molar-refractivity contribution in [2.75, 3.05) is 13.7 Å². The molecule has 0 saturated heterocycles. The molecular weight excluding hydrogens is 322 g/mol. The number of amides is 1. The average molecular weight is 341 g/mol. The number of ether oxygens (including phenoxy) is 2. The van der Waals surface area contributed by atoms with E-state index in [1.807, 2.05) is 30.3 Å². The fourth-order valence-electron chi connectivity index (χ4n) is 2.10. The molecule has 2 aromatic rings. The van der Waals surface area contributed by atoms with Crippen molar-refractivity contribution < 1.29 is 24.2 Å². The molecule has 0 bridgehead atoms. The van der Waals surface area contributed by atoms with E-state index in [1.54, 1.807) is 24.3 Å². The summed E-state index contributed by atoms with van der Waals surface area (Å²) in [5.41, 5.74) is 1.55. The molecule has 6 heteroatoms. The van der Waals surface area contributed by atoms with Crippen molar-refractivity contribution in [3.8, 4) is 5.75 Å². The summed E-state index contributed by atoms with van der Waals surface area (Å²) >= 11 is 0. The lowest BCUT2D eigenvalue weighted by Crippen LogP contribution is -2.24. The Hall–Kier alpha value is -3.28. The van der Waals surface area contributed by atoms with Crippen molar-refractivity contribution in [3.63, 3.8) is 0 Å². The molecule has 1 amide bonds. The van der Waals surface area contributed by atoms with Gasteiger partial charge in [-0.25, -0.2) is 9.59 Å². The summed E-state index contributed by atoms with van der Waals surface area (Å²) < 4.78 is 10.2. The van der Waals surface area contributed by atoms with Gasteiger partial charge in [-0.2, -0.15) is 0 Å². The van der Waals surface area contributed by atoms with Crippen LogP contribution in [0.4, 0.5) is 4.79 Å². The number of carboxylic acid groups (broad SMARTS) is 1. The number of nitrogens with one attached hydrogen (secondary N) is 1. The van der Waals surface area contributed by atoms with Crippen molar-refractivity contribution in [1.29, 1.82) is 0 Å². The summed E-state index contributed by atoms with van der Waals surface area (Å²) in [6.45, 7) is 0.402. The van der Waals surface area contributed by atoms with E-state index in [0.717, 1.165) is 5.56 Å². The summed E-state index contributed by atoms with van der Waals surface area (Å²) in [5.74, 6) is -0.475. The van der Waals surface area contributed by atoms with Crippen molar-refractivity contribution in [2.24, 2.45) is 0 Å². The number of rotatable bonds is 7. The quantitative estimate of drug-likeness (QED) is 0.807. The van der Waals surface area contributed by atoms with Gasteiger partial charge in [-0.1, -0.05) is 42.5 Å². The smallest absolute Gasteiger partial charge is 0.407 e. The zero-order chi connectivity index (χ0) is 18.1. The molecule has 2 N–H and O–H groups in total. The van der Waals surface area contributed by atoms with E-state index in [9.17, 15) is 14.7 Å². The maximum Gasteiger partial charge on any atom is 0.407 e. The molecule has 0 aliphatic carbocycles. The average Bonchev–Trinajstić information content (AvgIpc) is 2.64. The van der Waals surface area contributed by atoms with Gasteiger partial charge in [0.2, 0.25) is 0 Å². The second-order valence-electron chi connectivity index (χ2n) is 5.10. The maximum atomic E-state index is 11.6. The first-order valence-electron chi connectivity index (χ1n) is 7.62. The monoisotopic (exact) mass is 341 g/mol. The molecule has 2 aromatic carbocycles. The van der Waals surface area contributed by atoms with Crippen molar-refractivity contribution in [3.05, 3.63) is 71.3 Å². The minimum Gasteiger partial charge on any atom is -0.497 e. The van der Waals surface area contributed by atoms with Crippen LogP contribution in [0.1, 0.15) is 21.5 Å². The molecule has 0 radical (unpaired) electrons. The van der Waals surface area contributed by atoms with Gasteiger partial charge in [0.05, 0.1) is 12.7 Å². The molecule has 0 fully saturated rings. The van der Waals surface area contributed by atoms with Crippen LogP contribution >= 0.6 is 0 Å². The minimum atomic E-state index is -1.03. The van der Waals surface area contributed by atoms with E-state index in [-0.39, 0.29) is 18.7 Å². The van der Waals surface area contributed by atoms with Crippen LogP contribution in [-0.4, -0.2) is 30.8 Å². The zero-order valence-electron chi connectivity index (χ0n) is 13.8. The third kappa shape index (κ3) is 5.69. The van der Waals surface area contributed by atoms with Gasteiger partial charge in [-0.3, -0.25) is 0 Å². The van der Waals surface area contributed by atoms with E-state index in [2.05, 4.69) is 5.32 Å². The van der Waals surface area contributed by atoms with Crippen LogP contribution in [0.3, 0.4) is 0 Å². The number of carbonyl (C=O) groups excluding carboxylic acids is 1. The molecule has 0 aliphatic rings. The van der Waals surface area contributed by atoms with Gasteiger partial charge in [-0.05, 0) is 29.3 Å². The maximum absolute atomic E-state index is 11.6. The number of hydrogen-bond acceptors (Lipinski definition) is 4. The van der Waals surface area contributed by atoms with E-state index in [1.165, 1.54) is 13.2 Å². The number of carbonyl (C=O) groups is 2. The Morgan fingerprint density at radius 3 is 2.60 bits per heavy atom. The molecule has 0 atom stereocenters. The molecule has 0 spiro atoms. The third-order valence-electron chi connectivity index (χ3n) is 3.36. The predicted molar refractivity (Wildman–Crippen MR) is 93.6 cm³/mol. The highest BCUT2D eigenvalue weighted by atomic mass is 16.5. The first kappa shape index (κ1) is 18.1. The van der Waals surface area contributed by atoms with Crippen LogP contribution < -0.4 is 10.1 Å². The van der Waals surface area contributed by atoms with E-state index < -0.39 is 12.1 Å². The van der Waals surface area contributed by atoms with E-state index in [4.69, 9.17) is 9.47 Å². The van der Waals surface area contributed by atoms with Crippen molar-refractivity contribution >= 4 is 18.1 Å². The lowest BCUT2D eigenvalue weighted by Gasteiger charge is -2.06. The van der Waals surface area contributed by atoms with Crippen LogP contribution in [0.5, 0.6) is 5.75 Å². The second kappa shape index (κ2) is 9.12. The molecule has 0 aliphatic heterocycles. The highest BCUT2D eigenvalue weighted by Crippen LogP contribution is 2.19. The number of alkyl carbamates (subject to hydrolysis) is 1. The fourth-order valence-corrected chi connectivity index (χ4v) is 2.10. The van der Waals surface area contributed by atoms with Crippen molar-refractivity contribution in [1.82, 2.24) is 5.32 Å². The highest BCUT2D eigenvalue weighted by molar-refractivity contribution is 5.92. The Kier molecular flexibility index (Phi) is 6.59. The van der Waals surface area contributed by atoms with Crippen LogP contribution in [0.25, 0.3) is 6.08 Å². The van der Waals surface area contributed by atoms with Gasteiger partial charge in [0.15, 0.2) is 0 Å². The fraction of sp³-hybridized carbons (Fsp3) is 0.158. The Morgan fingerprint density at radius 2 is 1.92 bits per heavy atom. The predicted octanol–water partition coefficient (Wildman–Crippen LogP) is 3.33. The molecule has 0 aromatic heterocycles. The Bertz CT molecular complexity index is 756. The lowest BCUT2D eigenvalue weighted by molar-refractivity contribution is 0.0696. The Labute approximate surface area is 145 Å². The number of carboxylic acids is 1. The molecule has 0 saturated carbocycles. The Balaban J connectivity index is 1.86. The van der Waals surface area contributed by atoms with Gasteiger partial charge in [0.25, 0.3) is 0 Å². The number of benzene rings is 2. The van der Waals surface area contributed by atoms with Gasteiger partial charge in [0.1, 0.15) is 12.4 Å². The highest BCUT2D eigenvalue weighted by Gasteiger charge is 2.08. The molecule has 2 rings (SSSR count). The molecule has 25 heavy (non-hydrogen) atoms. The normalized spacial score (nSPS) is 10.4. The summed E-state index contributed by atoms with van der Waals surface area (Å²) in [5, 5.41) is 11.8. The first-order chi connectivity index (χ1) is 12.1. The van der Waals surface area contributed by atoms with Crippen LogP contribution in [0, 0.1) is 0 Å². The molecule has 130 valence electrons. The topological polar surface area (TPSA) is 84.9 Å². The van der Waals surface area contributed by atoms with E-state index >= 15 is 0 Å². The summed E-state index contributed by atoms with van der Waals surface area (Å²) in [6, 6.07) is 14.0. The molecule has 0 unspecified atom stereocenters. The van der Waals surface area contributed by atoms with Crippen LogP contribution in [-0.2, 0) is 11.3 Å². The lowest BCUT2D eigenvalue weighted by atomic mass is 10.1. The molecular formula is C19H19NO5. The molecule has 0 heterocycles. The summed E-state index contributed by atoms with van der Waals surface area (Å²) in [6.07, 6.45) is 2.71. The largest absolute Gasteiger partial charge is 0.497 e. The first-order valence-corrected chi connectivity index (χ1v) is 7.62. The van der Waals surface area contributed by atoms with Gasteiger partial charge in [0, 0.05) is 6.54 Å². The van der Waals surface area contributed by atoms with Crippen molar-refractivity contribution in [2.45, 2.75) is 6.61 Å². The van der Waals surface area contributed by atoms with Crippen LogP contribution in [0.15, 0.2) is 54.6 Å². The Morgan fingerprint density at radius 1 is 1.16 bits per heavy atom.